The fourth-order valence-electron chi connectivity index (χ4n) is 3.38. The van der Waals surface area contributed by atoms with E-state index in [9.17, 15) is 0 Å². The SMILES string of the molecule is Cc1cc(C2(N)CCCCC2c2ccccc2)cs1. The van der Waals surface area contributed by atoms with Crippen LogP contribution in [0.15, 0.2) is 41.8 Å². The molecule has 1 aromatic heterocycles. The second-order valence-corrected chi connectivity index (χ2v) is 6.81. The molecule has 2 aromatic rings. The van der Waals surface area contributed by atoms with Gasteiger partial charge >= 0.3 is 0 Å². The molecular formula is C17H21NS. The van der Waals surface area contributed by atoms with E-state index in [4.69, 9.17) is 5.73 Å². The number of aryl methyl sites for hydroxylation is 1. The molecule has 19 heavy (non-hydrogen) atoms. The van der Waals surface area contributed by atoms with Crippen molar-refractivity contribution in [3.05, 3.63) is 57.8 Å². The lowest BCUT2D eigenvalue weighted by Crippen LogP contribution is -2.44. The van der Waals surface area contributed by atoms with Gasteiger partial charge in [-0.25, -0.2) is 0 Å². The van der Waals surface area contributed by atoms with Crippen LogP contribution < -0.4 is 5.73 Å². The van der Waals surface area contributed by atoms with Gasteiger partial charge in [0.05, 0.1) is 0 Å². The molecule has 1 fully saturated rings. The zero-order chi connectivity index (χ0) is 13.3. The molecule has 1 aliphatic rings. The number of hydrogen-bond acceptors (Lipinski definition) is 2. The minimum Gasteiger partial charge on any atom is -0.321 e. The van der Waals surface area contributed by atoms with E-state index < -0.39 is 0 Å². The molecule has 1 nitrogen and oxygen atoms in total. The summed E-state index contributed by atoms with van der Waals surface area (Å²) in [6, 6.07) is 13.1. The average molecular weight is 271 g/mol. The van der Waals surface area contributed by atoms with Crippen LogP contribution in [0.1, 0.15) is 47.6 Å². The molecule has 0 saturated heterocycles. The first-order valence-corrected chi connectivity index (χ1v) is 7.97. The fourth-order valence-corrected chi connectivity index (χ4v) is 4.18. The summed E-state index contributed by atoms with van der Waals surface area (Å²) in [5.74, 6) is 0.455. The molecule has 0 spiro atoms. The van der Waals surface area contributed by atoms with Crippen LogP contribution in [0.4, 0.5) is 0 Å². The molecule has 2 unspecified atom stereocenters. The second kappa shape index (κ2) is 5.10. The van der Waals surface area contributed by atoms with Crippen LogP contribution >= 0.6 is 11.3 Å². The van der Waals surface area contributed by atoms with Gasteiger partial charge in [0.25, 0.3) is 0 Å². The maximum atomic E-state index is 6.88. The van der Waals surface area contributed by atoms with Crippen LogP contribution in [0.2, 0.25) is 0 Å². The van der Waals surface area contributed by atoms with Gasteiger partial charge in [-0.1, -0.05) is 43.2 Å². The predicted octanol–water partition coefficient (Wildman–Crippen LogP) is 4.57. The molecule has 100 valence electrons. The normalized spacial score (nSPS) is 27.4. The first-order valence-electron chi connectivity index (χ1n) is 7.09. The summed E-state index contributed by atoms with van der Waals surface area (Å²) < 4.78 is 0. The predicted molar refractivity (Wildman–Crippen MR) is 82.6 cm³/mol. The monoisotopic (exact) mass is 271 g/mol. The van der Waals surface area contributed by atoms with Crippen molar-refractivity contribution in [1.82, 2.24) is 0 Å². The van der Waals surface area contributed by atoms with Crippen molar-refractivity contribution in [2.24, 2.45) is 5.73 Å². The Morgan fingerprint density at radius 1 is 1.21 bits per heavy atom. The van der Waals surface area contributed by atoms with E-state index in [1.165, 1.54) is 35.3 Å². The smallest absolute Gasteiger partial charge is 0.0487 e. The molecule has 1 saturated carbocycles. The Bertz CT molecular complexity index is 545. The molecule has 1 aliphatic carbocycles. The van der Waals surface area contributed by atoms with Crippen molar-refractivity contribution < 1.29 is 0 Å². The molecule has 2 atom stereocenters. The Hall–Kier alpha value is -1.12. The summed E-state index contributed by atoms with van der Waals surface area (Å²) in [5, 5.41) is 2.26. The van der Waals surface area contributed by atoms with Gasteiger partial charge in [-0.2, -0.15) is 0 Å². The van der Waals surface area contributed by atoms with E-state index in [-0.39, 0.29) is 5.54 Å². The Morgan fingerprint density at radius 3 is 2.68 bits per heavy atom. The maximum Gasteiger partial charge on any atom is 0.0487 e. The van der Waals surface area contributed by atoms with Crippen molar-refractivity contribution in [2.45, 2.75) is 44.1 Å². The molecule has 0 radical (unpaired) electrons. The highest BCUT2D eigenvalue weighted by Gasteiger charge is 2.39. The molecular weight excluding hydrogens is 250 g/mol. The Kier molecular flexibility index (Phi) is 3.46. The molecule has 1 heterocycles. The third kappa shape index (κ3) is 2.35. The van der Waals surface area contributed by atoms with Crippen LogP contribution in [0.3, 0.4) is 0 Å². The summed E-state index contributed by atoms with van der Waals surface area (Å²) >= 11 is 1.81. The molecule has 0 aliphatic heterocycles. The summed E-state index contributed by atoms with van der Waals surface area (Å²) in [4.78, 5) is 1.36. The summed E-state index contributed by atoms with van der Waals surface area (Å²) in [6.07, 6.45) is 4.84. The van der Waals surface area contributed by atoms with Crippen LogP contribution in [-0.4, -0.2) is 0 Å². The van der Waals surface area contributed by atoms with Crippen LogP contribution in [0.25, 0.3) is 0 Å². The largest absolute Gasteiger partial charge is 0.321 e. The summed E-state index contributed by atoms with van der Waals surface area (Å²) in [7, 11) is 0. The minimum absolute atomic E-state index is 0.176. The summed E-state index contributed by atoms with van der Waals surface area (Å²) in [5.41, 5.74) is 9.43. The van der Waals surface area contributed by atoms with Crippen molar-refractivity contribution in [1.29, 1.82) is 0 Å². The number of hydrogen-bond donors (Lipinski definition) is 1. The first kappa shape index (κ1) is 12.9. The number of thiophene rings is 1. The van der Waals surface area contributed by atoms with Gasteiger partial charge in [-0.05, 0) is 42.3 Å². The van der Waals surface area contributed by atoms with Crippen LogP contribution in [-0.2, 0) is 5.54 Å². The van der Waals surface area contributed by atoms with Gasteiger partial charge in [0.1, 0.15) is 0 Å². The maximum absolute atomic E-state index is 6.88. The number of rotatable bonds is 2. The Labute approximate surface area is 119 Å². The van der Waals surface area contributed by atoms with Gasteiger partial charge in [-0.3, -0.25) is 0 Å². The zero-order valence-corrected chi connectivity index (χ0v) is 12.2. The molecule has 0 bridgehead atoms. The van der Waals surface area contributed by atoms with E-state index in [2.05, 4.69) is 48.7 Å². The van der Waals surface area contributed by atoms with Crippen molar-refractivity contribution in [2.75, 3.05) is 0 Å². The van der Waals surface area contributed by atoms with Gasteiger partial charge in [0, 0.05) is 16.3 Å². The van der Waals surface area contributed by atoms with E-state index in [1.807, 2.05) is 11.3 Å². The Balaban J connectivity index is 2.01. The topological polar surface area (TPSA) is 26.0 Å². The summed E-state index contributed by atoms with van der Waals surface area (Å²) in [6.45, 7) is 2.16. The van der Waals surface area contributed by atoms with Gasteiger partial charge in [0.15, 0.2) is 0 Å². The molecule has 0 amide bonds. The lowest BCUT2D eigenvalue weighted by atomic mass is 9.67. The molecule has 3 rings (SSSR count). The quantitative estimate of drug-likeness (QED) is 0.851. The number of nitrogens with two attached hydrogens (primary N) is 1. The minimum atomic E-state index is -0.176. The van der Waals surface area contributed by atoms with Crippen LogP contribution in [0, 0.1) is 6.92 Å². The van der Waals surface area contributed by atoms with Crippen molar-refractivity contribution in [3.8, 4) is 0 Å². The van der Waals surface area contributed by atoms with Crippen molar-refractivity contribution >= 4 is 11.3 Å². The van der Waals surface area contributed by atoms with Crippen LogP contribution in [0.5, 0.6) is 0 Å². The van der Waals surface area contributed by atoms with Gasteiger partial charge in [0.2, 0.25) is 0 Å². The van der Waals surface area contributed by atoms with E-state index >= 15 is 0 Å². The average Bonchev–Trinajstić information content (AvgIpc) is 2.88. The molecule has 1 aromatic carbocycles. The molecule has 2 heteroatoms. The lowest BCUT2D eigenvalue weighted by molar-refractivity contribution is 0.255. The van der Waals surface area contributed by atoms with Gasteiger partial charge < -0.3 is 5.73 Å². The standard InChI is InChI=1S/C17H21NS/c1-13-11-15(12-19-13)17(18)10-6-5-9-16(17)14-7-3-2-4-8-14/h2-4,7-8,11-12,16H,5-6,9-10,18H2,1H3. The lowest BCUT2D eigenvalue weighted by Gasteiger charge is -2.41. The first-order chi connectivity index (χ1) is 9.20. The zero-order valence-electron chi connectivity index (χ0n) is 11.4. The van der Waals surface area contributed by atoms with E-state index in [0.29, 0.717) is 5.92 Å². The highest BCUT2D eigenvalue weighted by atomic mass is 32.1. The van der Waals surface area contributed by atoms with E-state index in [1.54, 1.807) is 0 Å². The highest BCUT2D eigenvalue weighted by Crippen LogP contribution is 2.46. The van der Waals surface area contributed by atoms with E-state index in [0.717, 1.165) is 6.42 Å². The number of benzene rings is 1. The van der Waals surface area contributed by atoms with Crippen molar-refractivity contribution in [3.63, 3.8) is 0 Å². The third-order valence-electron chi connectivity index (χ3n) is 4.43. The fraction of sp³-hybridized carbons (Fsp3) is 0.412. The molecule has 2 N–H and O–H groups in total. The second-order valence-electron chi connectivity index (χ2n) is 5.70. The third-order valence-corrected chi connectivity index (χ3v) is 5.29. The van der Waals surface area contributed by atoms with Gasteiger partial charge in [-0.15, -0.1) is 11.3 Å². The highest BCUT2D eigenvalue weighted by molar-refractivity contribution is 7.10. The Morgan fingerprint density at radius 2 is 2.00 bits per heavy atom.